The van der Waals surface area contributed by atoms with Crippen molar-refractivity contribution in [2.45, 2.75) is 40.5 Å². The Bertz CT molecular complexity index is 1220. The van der Waals surface area contributed by atoms with E-state index in [-0.39, 0.29) is 22.7 Å². The summed E-state index contributed by atoms with van der Waals surface area (Å²) in [5, 5.41) is 29.4. The lowest BCUT2D eigenvalue weighted by atomic mass is 9.73. The smallest absolute Gasteiger partial charge is 0.132 e. The van der Waals surface area contributed by atoms with Gasteiger partial charge in [-0.15, -0.1) is 0 Å². The van der Waals surface area contributed by atoms with Crippen molar-refractivity contribution in [3.05, 3.63) is 88.2 Å². The minimum Gasteiger partial charge on any atom is -0.507 e. The van der Waals surface area contributed by atoms with Gasteiger partial charge in [-0.25, -0.2) is 0 Å². The molecule has 35 heavy (non-hydrogen) atoms. The lowest BCUT2D eigenvalue weighted by Crippen LogP contribution is -2.21. The van der Waals surface area contributed by atoms with Gasteiger partial charge in [0.25, 0.3) is 0 Å². The average molecular weight is 467 g/mol. The van der Waals surface area contributed by atoms with E-state index in [1.54, 1.807) is 0 Å². The van der Waals surface area contributed by atoms with E-state index in [0.29, 0.717) is 12.1 Å². The molecule has 1 aromatic carbocycles. The van der Waals surface area contributed by atoms with Crippen LogP contribution >= 0.6 is 0 Å². The topological polar surface area (TPSA) is 97.1 Å². The van der Waals surface area contributed by atoms with Crippen LogP contribution in [-0.4, -0.2) is 18.2 Å². The molecule has 0 heterocycles. The van der Waals surface area contributed by atoms with Crippen LogP contribution in [0, 0.1) is 34.0 Å². The normalized spacial score (nSPS) is 20.2. The van der Waals surface area contributed by atoms with Gasteiger partial charge < -0.3 is 15.7 Å². The first-order valence-corrected chi connectivity index (χ1v) is 12.1. The van der Waals surface area contributed by atoms with Gasteiger partial charge in [0.05, 0.1) is 0 Å². The summed E-state index contributed by atoms with van der Waals surface area (Å²) in [6.07, 6.45) is 15.4. The highest BCUT2D eigenvalue weighted by molar-refractivity contribution is 5.67. The molecule has 5 heteroatoms. The van der Waals surface area contributed by atoms with Gasteiger partial charge in [-0.2, -0.15) is 10.5 Å². The Morgan fingerprint density at radius 1 is 1.17 bits per heavy atom. The summed E-state index contributed by atoms with van der Waals surface area (Å²) in [6, 6.07) is 9.82. The van der Waals surface area contributed by atoms with E-state index in [4.69, 9.17) is 5.73 Å². The van der Waals surface area contributed by atoms with E-state index in [2.05, 4.69) is 38.7 Å². The monoisotopic (exact) mass is 466 g/mol. The second-order valence-corrected chi connectivity index (χ2v) is 9.76. The Kier molecular flexibility index (Phi) is 8.05. The fourth-order valence-electron chi connectivity index (χ4n) is 4.71. The molecular formula is C30H34N4O. The molecule has 0 saturated heterocycles. The van der Waals surface area contributed by atoms with Crippen molar-refractivity contribution in [3.63, 3.8) is 0 Å². The van der Waals surface area contributed by atoms with Crippen LogP contribution in [0.4, 0.5) is 5.69 Å². The predicted molar refractivity (Wildman–Crippen MR) is 143 cm³/mol. The molecule has 3 rings (SSSR count). The van der Waals surface area contributed by atoms with Crippen LogP contribution in [0.1, 0.15) is 46.1 Å². The van der Waals surface area contributed by atoms with E-state index in [1.165, 1.54) is 0 Å². The van der Waals surface area contributed by atoms with Gasteiger partial charge in [0, 0.05) is 42.0 Å². The van der Waals surface area contributed by atoms with Crippen LogP contribution in [0.2, 0.25) is 0 Å². The van der Waals surface area contributed by atoms with Gasteiger partial charge in [-0.1, -0.05) is 44.2 Å². The molecule has 0 fully saturated rings. The van der Waals surface area contributed by atoms with Gasteiger partial charge in [-0.3, -0.25) is 0 Å². The summed E-state index contributed by atoms with van der Waals surface area (Å²) < 4.78 is 0. The number of aromatic hydroxyl groups is 1. The number of rotatable bonds is 6. The molecule has 3 N–H and O–H groups in total. The minimum absolute atomic E-state index is 0.0633. The predicted octanol–water partition coefficient (Wildman–Crippen LogP) is 6.30. The molecule has 0 aromatic heterocycles. The first-order chi connectivity index (χ1) is 16.7. The number of anilines is 1. The van der Waals surface area contributed by atoms with Crippen molar-refractivity contribution in [2.75, 3.05) is 18.0 Å². The van der Waals surface area contributed by atoms with Gasteiger partial charge in [0.1, 0.15) is 23.5 Å². The lowest BCUT2D eigenvalue weighted by Gasteiger charge is -2.32. The molecule has 0 saturated carbocycles. The maximum Gasteiger partial charge on any atom is 0.132 e. The Morgan fingerprint density at radius 3 is 2.51 bits per heavy atom. The zero-order valence-corrected chi connectivity index (χ0v) is 21.0. The Hall–Kier alpha value is -3.96. The average Bonchev–Trinajstić information content (AvgIpc) is 2.82. The number of phenols is 1. The summed E-state index contributed by atoms with van der Waals surface area (Å²) in [5.74, 6) is 0.180. The molecule has 0 amide bonds. The lowest BCUT2D eigenvalue weighted by molar-refractivity contribution is 0.352. The third-order valence-corrected chi connectivity index (χ3v) is 6.53. The second kappa shape index (κ2) is 11.0. The highest BCUT2D eigenvalue weighted by Crippen LogP contribution is 2.41. The van der Waals surface area contributed by atoms with Crippen LogP contribution in [0.25, 0.3) is 6.08 Å². The van der Waals surface area contributed by atoms with Crippen molar-refractivity contribution in [1.29, 1.82) is 10.5 Å². The zero-order valence-electron chi connectivity index (χ0n) is 21.0. The SMILES string of the molecule is CCN(CC)c1ccc(C=C2C=CC=CC2/C=C(/N)C2=CC(=C(C#N)C#N)CC(C)(C)C2)c(O)c1. The summed E-state index contributed by atoms with van der Waals surface area (Å²) in [7, 11) is 0. The number of hydrogen-bond donors (Lipinski definition) is 2. The first-order valence-electron chi connectivity index (χ1n) is 12.1. The number of nitrogens with zero attached hydrogens (tertiary/aromatic N) is 3. The second-order valence-electron chi connectivity index (χ2n) is 9.76. The van der Waals surface area contributed by atoms with Crippen molar-refractivity contribution >= 4 is 11.8 Å². The zero-order chi connectivity index (χ0) is 25.6. The molecule has 0 bridgehead atoms. The standard InChI is InChI=1S/C30H34N4O/c1-5-34(6-2)27-12-11-23(29(35)16-27)13-21-9-7-8-10-22(21)15-28(33)25-14-24(26(19-31)20-32)17-30(3,4)18-25/h7-16,22,35H,5-6,17-18,33H2,1-4H3/b21-13?,28-15+. The Labute approximate surface area is 209 Å². The molecule has 0 radical (unpaired) electrons. The van der Waals surface area contributed by atoms with E-state index >= 15 is 0 Å². The molecule has 180 valence electrons. The number of benzene rings is 1. The number of nitriles is 2. The first kappa shape index (κ1) is 25.7. The Morgan fingerprint density at radius 2 is 1.89 bits per heavy atom. The van der Waals surface area contributed by atoms with Gasteiger partial charge in [-0.05, 0) is 73.1 Å². The summed E-state index contributed by atoms with van der Waals surface area (Å²) in [4.78, 5) is 2.19. The van der Waals surface area contributed by atoms with Crippen molar-refractivity contribution < 1.29 is 5.11 Å². The number of nitrogens with two attached hydrogens (primary N) is 1. The Balaban J connectivity index is 1.95. The third kappa shape index (κ3) is 6.14. The molecular weight excluding hydrogens is 432 g/mol. The highest BCUT2D eigenvalue weighted by atomic mass is 16.3. The maximum absolute atomic E-state index is 10.7. The van der Waals surface area contributed by atoms with E-state index in [1.807, 2.05) is 66.8 Å². The molecule has 0 aliphatic heterocycles. The molecule has 1 unspecified atom stereocenters. The number of phenolic OH excluding ortho intramolecular Hbond substituents is 1. The van der Waals surface area contributed by atoms with Crippen molar-refractivity contribution in [3.8, 4) is 17.9 Å². The summed E-state index contributed by atoms with van der Waals surface area (Å²) in [6.45, 7) is 10.2. The van der Waals surface area contributed by atoms with Crippen LogP contribution in [0.5, 0.6) is 5.75 Å². The van der Waals surface area contributed by atoms with Crippen LogP contribution in [-0.2, 0) is 0 Å². The van der Waals surface area contributed by atoms with Crippen molar-refractivity contribution in [1.82, 2.24) is 0 Å². The molecule has 1 atom stereocenters. The van der Waals surface area contributed by atoms with Crippen LogP contribution in [0.15, 0.2) is 82.6 Å². The molecule has 5 nitrogen and oxygen atoms in total. The molecule has 1 aromatic rings. The quantitative estimate of drug-likeness (QED) is 0.480. The van der Waals surface area contributed by atoms with Crippen LogP contribution < -0.4 is 10.6 Å². The minimum atomic E-state index is -0.101. The summed E-state index contributed by atoms with van der Waals surface area (Å²) in [5.41, 5.74) is 11.7. The number of hydrogen-bond acceptors (Lipinski definition) is 5. The van der Waals surface area contributed by atoms with Gasteiger partial charge in [0.15, 0.2) is 0 Å². The largest absolute Gasteiger partial charge is 0.507 e. The van der Waals surface area contributed by atoms with E-state index < -0.39 is 0 Å². The third-order valence-electron chi connectivity index (χ3n) is 6.53. The summed E-state index contributed by atoms with van der Waals surface area (Å²) >= 11 is 0. The van der Waals surface area contributed by atoms with E-state index in [9.17, 15) is 15.6 Å². The van der Waals surface area contributed by atoms with Crippen molar-refractivity contribution in [2.24, 2.45) is 17.1 Å². The van der Waals surface area contributed by atoms with Gasteiger partial charge in [0.2, 0.25) is 0 Å². The fourth-order valence-corrected chi connectivity index (χ4v) is 4.71. The molecule has 2 aliphatic rings. The molecule has 0 spiro atoms. The number of allylic oxidation sites excluding steroid dienone is 10. The maximum atomic E-state index is 10.7. The molecule has 2 aliphatic carbocycles. The fraction of sp³-hybridized carbons (Fsp3) is 0.333. The van der Waals surface area contributed by atoms with Crippen LogP contribution in [0.3, 0.4) is 0 Å². The van der Waals surface area contributed by atoms with E-state index in [0.717, 1.165) is 47.5 Å². The van der Waals surface area contributed by atoms with Gasteiger partial charge >= 0.3 is 0 Å². The highest BCUT2D eigenvalue weighted by Gasteiger charge is 2.28.